The molecule has 0 spiro atoms. The number of Topliss-reactive ketones (excluding diaryl/α,β-unsaturated/α-hetero) is 1. The van der Waals surface area contributed by atoms with Gasteiger partial charge in [0.05, 0.1) is 0 Å². The van der Waals surface area contributed by atoms with E-state index in [1.807, 2.05) is 13.8 Å². The summed E-state index contributed by atoms with van der Waals surface area (Å²) in [6.45, 7) is 3.98. The molecule has 0 radical (unpaired) electrons. The summed E-state index contributed by atoms with van der Waals surface area (Å²) >= 11 is 0. The molecule has 0 aromatic heterocycles. The summed E-state index contributed by atoms with van der Waals surface area (Å²) in [6, 6.07) is 0. The zero-order valence-electron chi connectivity index (χ0n) is 9.96. The Bertz CT molecular complexity index is 333. The molecule has 1 amide bonds. The highest BCUT2D eigenvalue weighted by molar-refractivity contribution is 6.10. The molecule has 3 nitrogen and oxygen atoms in total. The predicted octanol–water partition coefficient (Wildman–Crippen LogP) is 1.47. The zero-order valence-corrected chi connectivity index (χ0v) is 9.96. The maximum atomic E-state index is 12.3. The quantitative estimate of drug-likeness (QED) is 0.613. The van der Waals surface area contributed by atoms with Gasteiger partial charge < -0.3 is 4.90 Å². The molecule has 3 heteroatoms. The van der Waals surface area contributed by atoms with Crippen LogP contribution in [0.25, 0.3) is 0 Å². The van der Waals surface area contributed by atoms with Gasteiger partial charge in [-0.15, -0.1) is 0 Å². The molecule has 2 aliphatic rings. The van der Waals surface area contributed by atoms with E-state index < -0.39 is 5.41 Å². The van der Waals surface area contributed by atoms with Crippen LogP contribution in [-0.4, -0.2) is 30.7 Å². The minimum atomic E-state index is -0.669. The van der Waals surface area contributed by atoms with Crippen LogP contribution >= 0.6 is 0 Å². The van der Waals surface area contributed by atoms with Gasteiger partial charge >= 0.3 is 0 Å². The first-order chi connectivity index (χ1) is 6.82. The van der Waals surface area contributed by atoms with E-state index in [1.54, 1.807) is 19.0 Å². The second kappa shape index (κ2) is 2.83. The van der Waals surface area contributed by atoms with Crippen molar-refractivity contribution in [2.24, 2.45) is 16.7 Å². The van der Waals surface area contributed by atoms with Crippen molar-refractivity contribution >= 4 is 11.7 Å². The molecule has 0 aromatic rings. The van der Waals surface area contributed by atoms with E-state index in [0.29, 0.717) is 5.92 Å². The molecular formula is C12H19NO2. The fourth-order valence-corrected chi connectivity index (χ4v) is 3.39. The number of rotatable bonds is 1. The van der Waals surface area contributed by atoms with Crippen molar-refractivity contribution in [3.8, 4) is 0 Å². The number of hydrogen-bond acceptors (Lipinski definition) is 2. The summed E-state index contributed by atoms with van der Waals surface area (Å²) < 4.78 is 0. The van der Waals surface area contributed by atoms with Gasteiger partial charge in [0.1, 0.15) is 5.41 Å². The summed E-state index contributed by atoms with van der Waals surface area (Å²) in [5.41, 5.74) is -0.957. The molecule has 0 unspecified atom stereocenters. The highest BCUT2D eigenvalue weighted by Gasteiger charge is 2.65. The number of fused-ring (bicyclic) bond motifs is 2. The van der Waals surface area contributed by atoms with Gasteiger partial charge in [-0.1, -0.05) is 13.8 Å². The minimum absolute atomic E-state index is 0.0144. The summed E-state index contributed by atoms with van der Waals surface area (Å²) in [7, 11) is 3.48. The van der Waals surface area contributed by atoms with Crippen molar-refractivity contribution in [1.82, 2.24) is 4.90 Å². The fourth-order valence-electron chi connectivity index (χ4n) is 3.39. The Morgan fingerprint density at radius 3 is 2.40 bits per heavy atom. The van der Waals surface area contributed by atoms with E-state index >= 15 is 0 Å². The van der Waals surface area contributed by atoms with Crippen LogP contribution in [0.5, 0.6) is 0 Å². The second-order valence-electron chi connectivity index (χ2n) is 5.77. The lowest BCUT2D eigenvalue weighted by Gasteiger charge is -2.33. The monoisotopic (exact) mass is 209 g/mol. The molecule has 2 fully saturated rings. The van der Waals surface area contributed by atoms with Gasteiger partial charge in [-0.2, -0.15) is 0 Å². The molecule has 2 bridgehead atoms. The first-order valence-electron chi connectivity index (χ1n) is 5.59. The van der Waals surface area contributed by atoms with Crippen molar-refractivity contribution in [3.63, 3.8) is 0 Å². The Hall–Kier alpha value is -0.860. The van der Waals surface area contributed by atoms with Crippen LogP contribution in [0.2, 0.25) is 0 Å². The number of ketones is 1. The van der Waals surface area contributed by atoms with Crippen LogP contribution in [0.4, 0.5) is 0 Å². The SMILES string of the molecule is CN(C)C(=O)[C@@]12CC[C@H](C1)C(C)(C)C2=O. The molecule has 2 rings (SSSR count). The highest BCUT2D eigenvalue weighted by atomic mass is 16.2. The highest BCUT2D eigenvalue weighted by Crippen LogP contribution is 2.60. The van der Waals surface area contributed by atoms with Gasteiger partial charge in [0.25, 0.3) is 0 Å². The topological polar surface area (TPSA) is 37.4 Å². The van der Waals surface area contributed by atoms with Gasteiger partial charge in [0.2, 0.25) is 5.91 Å². The number of hydrogen-bond donors (Lipinski definition) is 0. The molecule has 0 aromatic carbocycles. The van der Waals surface area contributed by atoms with E-state index in [1.165, 1.54) is 0 Å². The predicted molar refractivity (Wildman–Crippen MR) is 57.3 cm³/mol. The second-order valence-corrected chi connectivity index (χ2v) is 5.77. The average Bonchev–Trinajstić information content (AvgIpc) is 2.66. The van der Waals surface area contributed by atoms with E-state index in [2.05, 4.69) is 0 Å². The summed E-state index contributed by atoms with van der Waals surface area (Å²) in [6.07, 6.45) is 2.56. The summed E-state index contributed by atoms with van der Waals surface area (Å²) in [4.78, 5) is 26.0. The number of amides is 1. The lowest BCUT2D eigenvalue weighted by atomic mass is 9.70. The molecule has 0 heterocycles. The van der Waals surface area contributed by atoms with Crippen molar-refractivity contribution in [2.75, 3.05) is 14.1 Å². The molecule has 15 heavy (non-hydrogen) atoms. The number of carbonyl (C=O) groups excluding carboxylic acids is 2. The van der Waals surface area contributed by atoms with Gasteiger partial charge in [-0.25, -0.2) is 0 Å². The smallest absolute Gasteiger partial charge is 0.235 e. The third kappa shape index (κ3) is 1.12. The zero-order chi connectivity index (χ0) is 11.4. The average molecular weight is 209 g/mol. The van der Waals surface area contributed by atoms with Crippen molar-refractivity contribution < 1.29 is 9.59 Å². The van der Waals surface area contributed by atoms with Crippen LogP contribution in [0.15, 0.2) is 0 Å². The Kier molecular flexibility index (Phi) is 2.01. The van der Waals surface area contributed by atoms with E-state index in [0.717, 1.165) is 19.3 Å². The lowest BCUT2D eigenvalue weighted by molar-refractivity contribution is -0.149. The Morgan fingerprint density at radius 2 is 2.00 bits per heavy atom. The third-order valence-electron chi connectivity index (χ3n) is 4.37. The Labute approximate surface area is 90.8 Å². The number of nitrogens with zero attached hydrogens (tertiary/aromatic N) is 1. The molecule has 0 aliphatic heterocycles. The molecule has 2 saturated carbocycles. The molecule has 0 N–H and O–H groups in total. The lowest BCUT2D eigenvalue weighted by Crippen LogP contribution is -2.46. The van der Waals surface area contributed by atoms with E-state index in [4.69, 9.17) is 0 Å². The molecule has 84 valence electrons. The van der Waals surface area contributed by atoms with Gasteiger partial charge in [-0.3, -0.25) is 9.59 Å². The molecule has 0 saturated heterocycles. The summed E-state index contributed by atoms with van der Waals surface area (Å²) in [5, 5.41) is 0. The summed E-state index contributed by atoms with van der Waals surface area (Å²) in [5.74, 6) is 0.597. The van der Waals surface area contributed by atoms with E-state index in [-0.39, 0.29) is 17.1 Å². The fraction of sp³-hybridized carbons (Fsp3) is 0.833. The van der Waals surface area contributed by atoms with Crippen molar-refractivity contribution in [1.29, 1.82) is 0 Å². The largest absolute Gasteiger partial charge is 0.348 e. The third-order valence-corrected chi connectivity index (χ3v) is 4.37. The van der Waals surface area contributed by atoms with Crippen molar-refractivity contribution in [3.05, 3.63) is 0 Å². The normalized spacial score (nSPS) is 37.1. The molecular weight excluding hydrogens is 190 g/mol. The molecule has 2 aliphatic carbocycles. The van der Waals surface area contributed by atoms with Crippen LogP contribution in [-0.2, 0) is 9.59 Å². The van der Waals surface area contributed by atoms with Gasteiger partial charge in [0.15, 0.2) is 5.78 Å². The Morgan fingerprint density at radius 1 is 1.40 bits per heavy atom. The standard InChI is InChI=1S/C12H19NO2/c1-11(2)8-5-6-12(7-8,9(11)14)10(15)13(3)4/h8H,5-7H2,1-4H3/t8-,12+/m1/s1. The van der Waals surface area contributed by atoms with Crippen LogP contribution in [0.3, 0.4) is 0 Å². The van der Waals surface area contributed by atoms with Crippen molar-refractivity contribution in [2.45, 2.75) is 33.1 Å². The number of carbonyl (C=O) groups is 2. The van der Waals surface area contributed by atoms with Gasteiger partial charge in [0, 0.05) is 19.5 Å². The maximum absolute atomic E-state index is 12.3. The van der Waals surface area contributed by atoms with Crippen LogP contribution in [0, 0.1) is 16.7 Å². The van der Waals surface area contributed by atoms with Crippen LogP contribution in [0.1, 0.15) is 33.1 Å². The molecule has 2 atom stereocenters. The maximum Gasteiger partial charge on any atom is 0.235 e. The first kappa shape index (κ1) is 10.7. The van der Waals surface area contributed by atoms with Crippen LogP contribution < -0.4 is 0 Å². The minimum Gasteiger partial charge on any atom is -0.348 e. The van der Waals surface area contributed by atoms with Gasteiger partial charge in [-0.05, 0) is 25.2 Å². The van der Waals surface area contributed by atoms with E-state index in [9.17, 15) is 9.59 Å². The first-order valence-corrected chi connectivity index (χ1v) is 5.59. The Balaban J connectivity index is 2.39.